The molecule has 0 bridgehead atoms. The number of rotatable bonds is 9. The molecule has 2 heterocycles. The summed E-state index contributed by atoms with van der Waals surface area (Å²) in [7, 11) is 0. The minimum absolute atomic E-state index is 0.0811. The number of primary amides is 2. The van der Waals surface area contributed by atoms with Crippen LogP contribution in [0.4, 0.5) is 0 Å². The molecule has 0 unspecified atom stereocenters. The zero-order valence-electron chi connectivity index (χ0n) is 24.3. The zero-order valence-corrected chi connectivity index (χ0v) is 24.3. The molecule has 3 aromatic rings. The third kappa shape index (κ3) is 4.95. The van der Waals surface area contributed by atoms with Crippen molar-refractivity contribution in [3.8, 4) is 6.07 Å². The van der Waals surface area contributed by atoms with Crippen LogP contribution >= 0.6 is 0 Å². The number of hydrogen-bond acceptors (Lipinski definition) is 8. The van der Waals surface area contributed by atoms with E-state index in [1.165, 1.54) is 0 Å². The van der Waals surface area contributed by atoms with E-state index >= 15 is 0 Å². The molecule has 2 fully saturated rings. The van der Waals surface area contributed by atoms with Gasteiger partial charge in [0.2, 0.25) is 29.5 Å². The molecule has 222 valence electrons. The Morgan fingerprint density at radius 2 is 1.70 bits per heavy atom. The van der Waals surface area contributed by atoms with Crippen LogP contribution in [0.25, 0.3) is 0 Å². The molecule has 3 aliphatic rings. The summed E-state index contributed by atoms with van der Waals surface area (Å²) in [6.45, 7) is 4.02. The lowest BCUT2D eigenvalue weighted by Gasteiger charge is -2.36. The molecule has 1 aromatic heterocycles. The van der Waals surface area contributed by atoms with Crippen LogP contribution in [-0.2, 0) is 29.5 Å². The molecule has 2 aromatic carbocycles. The second-order valence-electron chi connectivity index (χ2n) is 12.0. The number of nitrogens with two attached hydrogens (primary N) is 2. The zero-order chi connectivity index (χ0) is 30.5. The monoisotopic (exact) mass is 581 g/mol. The normalized spacial score (nSPS) is 22.0. The lowest BCUT2D eigenvalue weighted by atomic mass is 9.68. The van der Waals surface area contributed by atoms with Crippen molar-refractivity contribution in [3.63, 3.8) is 0 Å². The quantitative estimate of drug-likeness (QED) is 0.343. The van der Waals surface area contributed by atoms with Gasteiger partial charge in [-0.05, 0) is 91.5 Å². The van der Waals surface area contributed by atoms with E-state index in [9.17, 15) is 19.6 Å². The van der Waals surface area contributed by atoms with Gasteiger partial charge in [-0.15, -0.1) is 10.2 Å². The van der Waals surface area contributed by atoms with E-state index < -0.39 is 17.2 Å². The fourth-order valence-electron chi connectivity index (χ4n) is 7.08. The van der Waals surface area contributed by atoms with E-state index in [2.05, 4.69) is 21.6 Å². The number of likely N-dealkylation sites (tertiary alicyclic amines) is 1. The van der Waals surface area contributed by atoms with E-state index in [0.717, 1.165) is 35.1 Å². The van der Waals surface area contributed by atoms with Crippen molar-refractivity contribution >= 4 is 17.7 Å². The van der Waals surface area contributed by atoms with Crippen molar-refractivity contribution in [2.45, 2.75) is 75.9 Å². The highest BCUT2D eigenvalue weighted by Crippen LogP contribution is 2.49. The van der Waals surface area contributed by atoms with E-state index in [-0.39, 0.29) is 30.6 Å². The summed E-state index contributed by atoms with van der Waals surface area (Å²) in [6, 6.07) is 12.7. The second-order valence-corrected chi connectivity index (χ2v) is 12.0. The fourth-order valence-corrected chi connectivity index (χ4v) is 7.08. The molecule has 6 rings (SSSR count). The van der Waals surface area contributed by atoms with Crippen LogP contribution in [0, 0.1) is 17.2 Å². The highest BCUT2D eigenvalue weighted by molar-refractivity contribution is 5.94. The van der Waals surface area contributed by atoms with Crippen molar-refractivity contribution < 1.29 is 18.8 Å². The summed E-state index contributed by atoms with van der Waals surface area (Å²) in [5.41, 5.74) is 14.7. The van der Waals surface area contributed by atoms with Crippen molar-refractivity contribution in [1.82, 2.24) is 20.4 Å². The van der Waals surface area contributed by atoms with Gasteiger partial charge in [0.25, 0.3) is 0 Å². The number of nitrogens with one attached hydrogen (secondary N) is 1. The number of hydrogen-bond donors (Lipinski definition) is 3. The third-order valence-corrected chi connectivity index (χ3v) is 9.25. The molecule has 1 aliphatic heterocycles. The molecule has 5 N–H and O–H groups in total. The van der Waals surface area contributed by atoms with Crippen molar-refractivity contribution in [1.29, 1.82) is 5.26 Å². The Morgan fingerprint density at radius 1 is 1.07 bits per heavy atom. The molecular formula is C32H35N7O4. The summed E-state index contributed by atoms with van der Waals surface area (Å²) in [6.07, 6.45) is 3.84. The van der Waals surface area contributed by atoms with Gasteiger partial charge < -0.3 is 26.1 Å². The minimum Gasteiger partial charge on any atom is -0.424 e. The Kier molecular flexibility index (Phi) is 7.26. The summed E-state index contributed by atoms with van der Waals surface area (Å²) in [5.74, 6) is 0.173. The van der Waals surface area contributed by atoms with Gasteiger partial charge in [0, 0.05) is 29.6 Å². The first kappa shape index (κ1) is 28.6. The number of carbonyl (C=O) groups is 3. The fraction of sp³-hybridized carbons (Fsp3) is 0.438. The van der Waals surface area contributed by atoms with Gasteiger partial charge in [-0.3, -0.25) is 14.4 Å². The number of aryl methyl sites for hydroxylation is 3. The van der Waals surface area contributed by atoms with E-state index in [0.29, 0.717) is 54.5 Å². The van der Waals surface area contributed by atoms with Crippen molar-refractivity contribution in [3.05, 3.63) is 81.6 Å². The standard InChI is InChI=1S/C32H35N7O4/c1-3-27-37-38-31(43-27)32(14-17(2)36-16-28(40)39-23(15-33)12-22-13-26(22)39)24-8-6-20(29(34)41)10-18(24)4-5-19-11-21(30(35)42)7-9-25(19)32/h6-11,17,22-23,26,36H,3-5,12-14,16H2,1-2H3,(H2,34,41)(H2,35,42)/t17-,22-,23+,26+/m1/s1. The van der Waals surface area contributed by atoms with Crippen molar-refractivity contribution in [2.75, 3.05) is 6.54 Å². The number of nitrogens with zero attached hydrogens (tertiary/aromatic N) is 4. The van der Waals surface area contributed by atoms with Gasteiger partial charge in [-0.2, -0.15) is 5.26 Å². The maximum atomic E-state index is 13.3. The smallest absolute Gasteiger partial charge is 0.248 e. The van der Waals surface area contributed by atoms with E-state index in [4.69, 9.17) is 15.9 Å². The summed E-state index contributed by atoms with van der Waals surface area (Å²) in [4.78, 5) is 39.3. The van der Waals surface area contributed by atoms with Crippen LogP contribution in [0.1, 0.15) is 87.9 Å². The summed E-state index contributed by atoms with van der Waals surface area (Å²) < 4.78 is 6.31. The molecule has 2 aliphatic carbocycles. The molecule has 0 radical (unpaired) electrons. The van der Waals surface area contributed by atoms with Crippen LogP contribution in [0.15, 0.2) is 40.8 Å². The van der Waals surface area contributed by atoms with Gasteiger partial charge >= 0.3 is 0 Å². The number of nitriles is 1. The first-order chi connectivity index (χ1) is 20.7. The van der Waals surface area contributed by atoms with Crippen LogP contribution in [0.2, 0.25) is 0 Å². The number of benzene rings is 2. The third-order valence-electron chi connectivity index (χ3n) is 9.25. The molecule has 0 spiro atoms. The molecule has 11 nitrogen and oxygen atoms in total. The van der Waals surface area contributed by atoms with Crippen LogP contribution in [-0.4, -0.2) is 57.5 Å². The molecule has 3 amide bonds. The second kappa shape index (κ2) is 10.9. The Bertz CT molecular complexity index is 1590. The van der Waals surface area contributed by atoms with Crippen LogP contribution < -0.4 is 16.8 Å². The Balaban J connectivity index is 1.43. The molecule has 1 saturated heterocycles. The Morgan fingerprint density at radius 3 is 2.23 bits per heavy atom. The first-order valence-corrected chi connectivity index (χ1v) is 14.8. The molecule has 11 heteroatoms. The van der Waals surface area contributed by atoms with Gasteiger partial charge in [0.15, 0.2) is 0 Å². The summed E-state index contributed by atoms with van der Waals surface area (Å²) >= 11 is 0. The van der Waals surface area contributed by atoms with Gasteiger partial charge in [-0.1, -0.05) is 19.1 Å². The average Bonchev–Trinajstić information content (AvgIpc) is 3.44. The lowest BCUT2D eigenvalue weighted by Crippen LogP contribution is -2.46. The van der Waals surface area contributed by atoms with E-state index in [1.54, 1.807) is 17.0 Å². The van der Waals surface area contributed by atoms with Crippen molar-refractivity contribution in [2.24, 2.45) is 17.4 Å². The lowest BCUT2D eigenvalue weighted by molar-refractivity contribution is -0.131. The topological polar surface area (TPSA) is 181 Å². The number of carbonyl (C=O) groups excluding carboxylic acids is 3. The van der Waals surface area contributed by atoms with Gasteiger partial charge in [0.05, 0.1) is 12.6 Å². The maximum absolute atomic E-state index is 13.3. The maximum Gasteiger partial charge on any atom is 0.248 e. The molecular weight excluding hydrogens is 546 g/mol. The van der Waals surface area contributed by atoms with Gasteiger partial charge in [0.1, 0.15) is 11.5 Å². The highest BCUT2D eigenvalue weighted by Gasteiger charge is 2.54. The van der Waals surface area contributed by atoms with Crippen LogP contribution in [0.5, 0.6) is 0 Å². The molecule has 1 saturated carbocycles. The minimum atomic E-state index is -0.978. The predicted octanol–water partition coefficient (Wildman–Crippen LogP) is 2.14. The predicted molar refractivity (Wildman–Crippen MR) is 156 cm³/mol. The number of fused-ring (bicyclic) bond motifs is 3. The SMILES string of the molecule is CCc1nnc(C2(C[C@@H](C)NCC(=O)N3[C@H](C#N)C[C@@H]4C[C@@H]43)c3ccc(C(N)=O)cc3CCc3cc(C(N)=O)ccc32)o1. The largest absolute Gasteiger partial charge is 0.424 e. The highest BCUT2D eigenvalue weighted by atomic mass is 16.4. The summed E-state index contributed by atoms with van der Waals surface area (Å²) in [5, 5.41) is 21.8. The number of piperidine rings is 1. The van der Waals surface area contributed by atoms with Gasteiger partial charge in [-0.25, -0.2) is 0 Å². The molecule has 43 heavy (non-hydrogen) atoms. The number of amides is 3. The average molecular weight is 582 g/mol. The first-order valence-electron chi connectivity index (χ1n) is 14.8. The molecule has 4 atom stereocenters. The van der Waals surface area contributed by atoms with E-state index in [1.807, 2.05) is 38.1 Å². The van der Waals surface area contributed by atoms with Crippen LogP contribution in [0.3, 0.4) is 0 Å². The Labute approximate surface area is 249 Å². The Hall–Kier alpha value is -4.56. The number of aromatic nitrogens is 2.